The van der Waals surface area contributed by atoms with Crippen LogP contribution in [0.15, 0.2) is 28.9 Å². The van der Waals surface area contributed by atoms with Crippen LogP contribution < -0.4 is 5.32 Å². The molecule has 3 nitrogen and oxygen atoms in total. The van der Waals surface area contributed by atoms with Crippen LogP contribution in [0.5, 0.6) is 0 Å². The molecule has 1 aliphatic rings. The Labute approximate surface area is 126 Å². The summed E-state index contributed by atoms with van der Waals surface area (Å²) in [7, 11) is 0. The predicted molar refractivity (Wildman–Crippen MR) is 80.0 cm³/mol. The summed E-state index contributed by atoms with van der Waals surface area (Å²) in [6.45, 7) is 3.50. The summed E-state index contributed by atoms with van der Waals surface area (Å²) in [6, 6.07) is 5.78. The summed E-state index contributed by atoms with van der Waals surface area (Å²) in [5.74, 6) is -0.233. The first-order chi connectivity index (χ1) is 9.65. The van der Waals surface area contributed by atoms with Crippen LogP contribution in [-0.2, 0) is 13.1 Å². The number of nitrogens with one attached hydrogen (secondary N) is 1. The summed E-state index contributed by atoms with van der Waals surface area (Å²) < 4.78 is 16.0. The second-order valence-corrected chi connectivity index (χ2v) is 6.07. The molecular formula is C15H17BrFN3. The Morgan fingerprint density at radius 2 is 2.20 bits per heavy atom. The van der Waals surface area contributed by atoms with E-state index in [2.05, 4.69) is 33.3 Å². The third kappa shape index (κ3) is 2.94. The molecule has 0 atom stereocenters. The van der Waals surface area contributed by atoms with E-state index in [0.29, 0.717) is 17.1 Å². The summed E-state index contributed by atoms with van der Waals surface area (Å²) in [6.07, 6.45) is 4.46. The van der Waals surface area contributed by atoms with Gasteiger partial charge in [-0.1, -0.05) is 12.1 Å². The van der Waals surface area contributed by atoms with E-state index in [9.17, 15) is 4.39 Å². The maximum Gasteiger partial charge on any atom is 0.137 e. The quantitative estimate of drug-likeness (QED) is 0.906. The van der Waals surface area contributed by atoms with E-state index in [1.807, 2.05) is 16.9 Å². The lowest BCUT2D eigenvalue weighted by Gasteiger charge is -2.08. The molecule has 2 aromatic rings. The van der Waals surface area contributed by atoms with Gasteiger partial charge < -0.3 is 5.32 Å². The lowest BCUT2D eigenvalue weighted by atomic mass is 10.2. The maximum absolute atomic E-state index is 13.5. The van der Waals surface area contributed by atoms with Crippen molar-refractivity contribution in [3.8, 4) is 0 Å². The Bertz CT molecular complexity index is 620. The average molecular weight is 338 g/mol. The first-order valence-corrected chi connectivity index (χ1v) is 7.62. The van der Waals surface area contributed by atoms with E-state index in [1.54, 1.807) is 6.07 Å². The highest BCUT2D eigenvalue weighted by Crippen LogP contribution is 2.23. The topological polar surface area (TPSA) is 29.9 Å². The van der Waals surface area contributed by atoms with E-state index in [1.165, 1.54) is 24.5 Å². The van der Waals surface area contributed by atoms with Crippen molar-refractivity contribution in [2.75, 3.05) is 0 Å². The van der Waals surface area contributed by atoms with Gasteiger partial charge in [0.2, 0.25) is 0 Å². The third-order valence-corrected chi connectivity index (χ3v) is 4.60. The number of hydrogen-bond donors (Lipinski definition) is 1. The van der Waals surface area contributed by atoms with E-state index < -0.39 is 0 Å². The predicted octanol–water partition coefficient (Wildman–Crippen LogP) is 3.39. The van der Waals surface area contributed by atoms with Gasteiger partial charge in [-0.2, -0.15) is 5.10 Å². The summed E-state index contributed by atoms with van der Waals surface area (Å²) in [4.78, 5) is 0. The van der Waals surface area contributed by atoms with Crippen LogP contribution in [-0.4, -0.2) is 15.8 Å². The number of nitrogens with zero attached hydrogens (tertiary/aromatic N) is 2. The van der Waals surface area contributed by atoms with Gasteiger partial charge in [-0.3, -0.25) is 4.68 Å². The average Bonchev–Trinajstić information content (AvgIpc) is 3.20. The Kier molecular flexibility index (Phi) is 3.89. The SMILES string of the molecule is Cc1c(CNC2CC2)cnn1Cc1cccc(F)c1Br. The van der Waals surface area contributed by atoms with Gasteiger partial charge >= 0.3 is 0 Å². The van der Waals surface area contributed by atoms with E-state index in [0.717, 1.165) is 17.8 Å². The third-order valence-electron chi connectivity index (χ3n) is 3.72. The molecular weight excluding hydrogens is 321 g/mol. The van der Waals surface area contributed by atoms with Crippen LogP contribution >= 0.6 is 15.9 Å². The Morgan fingerprint density at radius 3 is 2.95 bits per heavy atom. The van der Waals surface area contributed by atoms with Crippen molar-refractivity contribution in [1.82, 2.24) is 15.1 Å². The molecule has 0 amide bonds. The zero-order valence-electron chi connectivity index (χ0n) is 11.4. The van der Waals surface area contributed by atoms with Crippen molar-refractivity contribution in [2.45, 2.75) is 38.9 Å². The molecule has 0 aliphatic heterocycles. The van der Waals surface area contributed by atoms with Gasteiger partial charge in [-0.05, 0) is 47.3 Å². The molecule has 1 heterocycles. The Morgan fingerprint density at radius 1 is 1.40 bits per heavy atom. The monoisotopic (exact) mass is 337 g/mol. The minimum Gasteiger partial charge on any atom is -0.310 e. The van der Waals surface area contributed by atoms with E-state index in [-0.39, 0.29) is 5.82 Å². The molecule has 0 saturated heterocycles. The van der Waals surface area contributed by atoms with Gasteiger partial charge in [-0.15, -0.1) is 0 Å². The first kappa shape index (κ1) is 13.8. The lowest BCUT2D eigenvalue weighted by molar-refractivity contribution is 0.608. The van der Waals surface area contributed by atoms with Crippen molar-refractivity contribution in [3.05, 3.63) is 51.5 Å². The molecule has 0 radical (unpaired) electrons. The molecule has 1 aromatic heterocycles. The summed E-state index contributed by atoms with van der Waals surface area (Å²) in [5.41, 5.74) is 3.25. The van der Waals surface area contributed by atoms with Gasteiger partial charge in [0.15, 0.2) is 0 Å². The largest absolute Gasteiger partial charge is 0.310 e. The van der Waals surface area contributed by atoms with Crippen molar-refractivity contribution in [1.29, 1.82) is 0 Å². The fourth-order valence-corrected chi connectivity index (χ4v) is 2.58. The molecule has 1 aromatic carbocycles. The van der Waals surface area contributed by atoms with Gasteiger partial charge in [-0.25, -0.2) is 4.39 Å². The minimum absolute atomic E-state index is 0.233. The highest BCUT2D eigenvalue weighted by atomic mass is 79.9. The van der Waals surface area contributed by atoms with Gasteiger partial charge in [0.1, 0.15) is 5.82 Å². The van der Waals surface area contributed by atoms with Gasteiger partial charge in [0, 0.05) is 23.8 Å². The molecule has 1 saturated carbocycles. The molecule has 20 heavy (non-hydrogen) atoms. The molecule has 1 N–H and O–H groups in total. The summed E-state index contributed by atoms with van der Waals surface area (Å²) >= 11 is 3.30. The summed E-state index contributed by atoms with van der Waals surface area (Å²) in [5, 5.41) is 7.90. The molecule has 0 bridgehead atoms. The van der Waals surface area contributed by atoms with Crippen molar-refractivity contribution < 1.29 is 4.39 Å². The Balaban J connectivity index is 1.75. The number of benzene rings is 1. The molecule has 1 aliphatic carbocycles. The highest BCUT2D eigenvalue weighted by molar-refractivity contribution is 9.10. The standard InChI is InChI=1S/C15H17BrFN3/c1-10-12(7-18-13-5-6-13)8-19-20(10)9-11-3-2-4-14(17)15(11)16/h2-4,8,13,18H,5-7,9H2,1H3. The molecule has 0 unspecified atom stereocenters. The molecule has 1 fully saturated rings. The fourth-order valence-electron chi connectivity index (χ4n) is 2.19. The van der Waals surface area contributed by atoms with Crippen molar-refractivity contribution >= 4 is 15.9 Å². The second kappa shape index (κ2) is 5.66. The zero-order chi connectivity index (χ0) is 14.1. The molecule has 5 heteroatoms. The second-order valence-electron chi connectivity index (χ2n) is 5.28. The fraction of sp³-hybridized carbons (Fsp3) is 0.400. The van der Waals surface area contributed by atoms with Crippen LogP contribution in [0.1, 0.15) is 29.7 Å². The molecule has 0 spiro atoms. The number of hydrogen-bond acceptors (Lipinski definition) is 2. The number of rotatable bonds is 5. The highest BCUT2D eigenvalue weighted by Gasteiger charge is 2.20. The molecule has 106 valence electrons. The van der Waals surface area contributed by atoms with Crippen LogP contribution in [0.2, 0.25) is 0 Å². The van der Waals surface area contributed by atoms with Crippen molar-refractivity contribution in [2.24, 2.45) is 0 Å². The zero-order valence-corrected chi connectivity index (χ0v) is 13.0. The van der Waals surface area contributed by atoms with Crippen LogP contribution in [0.3, 0.4) is 0 Å². The minimum atomic E-state index is -0.233. The normalized spacial score (nSPS) is 14.8. The first-order valence-electron chi connectivity index (χ1n) is 6.82. The van der Waals surface area contributed by atoms with Crippen LogP contribution in [0, 0.1) is 12.7 Å². The van der Waals surface area contributed by atoms with E-state index in [4.69, 9.17) is 0 Å². The van der Waals surface area contributed by atoms with Crippen LogP contribution in [0.4, 0.5) is 4.39 Å². The smallest absolute Gasteiger partial charge is 0.137 e. The van der Waals surface area contributed by atoms with Crippen LogP contribution in [0.25, 0.3) is 0 Å². The van der Waals surface area contributed by atoms with Gasteiger partial charge in [0.05, 0.1) is 17.2 Å². The van der Waals surface area contributed by atoms with Gasteiger partial charge in [0.25, 0.3) is 0 Å². The number of aromatic nitrogens is 2. The lowest BCUT2D eigenvalue weighted by Crippen LogP contribution is -2.16. The molecule has 3 rings (SSSR count). The number of halogens is 2. The van der Waals surface area contributed by atoms with Crippen molar-refractivity contribution in [3.63, 3.8) is 0 Å². The van der Waals surface area contributed by atoms with E-state index >= 15 is 0 Å². The maximum atomic E-state index is 13.5. The Hall–Kier alpha value is -1.20.